The van der Waals surface area contributed by atoms with Gasteiger partial charge in [0.25, 0.3) is 0 Å². The van der Waals surface area contributed by atoms with Gasteiger partial charge in [-0.05, 0) is 29.4 Å². The lowest BCUT2D eigenvalue weighted by Gasteiger charge is -2.38. The molecule has 2 heterocycles. The Morgan fingerprint density at radius 1 is 1.20 bits per heavy atom. The van der Waals surface area contributed by atoms with Crippen LogP contribution in [0.2, 0.25) is 0 Å². The molecule has 3 nitrogen and oxygen atoms in total. The molecule has 1 unspecified atom stereocenters. The van der Waals surface area contributed by atoms with Crippen molar-refractivity contribution >= 4 is 11.4 Å². The fourth-order valence-electron chi connectivity index (χ4n) is 3.20. The number of nitrogens with zero attached hydrogens (tertiary/aromatic N) is 1. The topological polar surface area (TPSA) is 24.5 Å². The van der Waals surface area contributed by atoms with E-state index in [-0.39, 0.29) is 0 Å². The molecule has 20 heavy (non-hydrogen) atoms. The lowest BCUT2D eigenvalue weighted by Crippen LogP contribution is -2.38. The zero-order chi connectivity index (χ0) is 14.2. The fourth-order valence-corrected chi connectivity index (χ4v) is 3.20. The Morgan fingerprint density at radius 3 is 2.65 bits per heavy atom. The van der Waals surface area contributed by atoms with Crippen LogP contribution in [0.4, 0.5) is 11.4 Å². The summed E-state index contributed by atoms with van der Waals surface area (Å²) in [7, 11) is 0. The summed E-state index contributed by atoms with van der Waals surface area (Å²) in [4.78, 5) is 2.45. The van der Waals surface area contributed by atoms with Crippen LogP contribution >= 0.6 is 0 Å². The van der Waals surface area contributed by atoms with Crippen LogP contribution < -0.4 is 10.2 Å². The number of para-hydroxylation sites is 1. The molecule has 1 aromatic carbocycles. The number of benzene rings is 1. The van der Waals surface area contributed by atoms with E-state index in [1.165, 1.54) is 23.4 Å². The van der Waals surface area contributed by atoms with Crippen LogP contribution in [0.3, 0.4) is 0 Å². The van der Waals surface area contributed by atoms with E-state index in [4.69, 9.17) is 4.74 Å². The number of ether oxygens (including phenoxy) is 1. The van der Waals surface area contributed by atoms with Crippen molar-refractivity contribution in [3.05, 3.63) is 23.8 Å². The Bertz CT molecular complexity index is 472. The molecule has 0 aromatic heterocycles. The molecule has 0 radical (unpaired) electrons. The predicted octanol–water partition coefficient (Wildman–Crippen LogP) is 3.15. The average molecular weight is 274 g/mol. The van der Waals surface area contributed by atoms with Gasteiger partial charge in [-0.25, -0.2) is 0 Å². The van der Waals surface area contributed by atoms with E-state index in [0.717, 1.165) is 32.8 Å². The zero-order valence-corrected chi connectivity index (χ0v) is 12.9. The molecule has 0 bridgehead atoms. The van der Waals surface area contributed by atoms with Gasteiger partial charge in [-0.3, -0.25) is 0 Å². The maximum atomic E-state index is 5.46. The summed E-state index contributed by atoms with van der Waals surface area (Å²) in [6.07, 6.45) is 1.18. The van der Waals surface area contributed by atoms with Crippen molar-refractivity contribution in [2.75, 3.05) is 43.1 Å². The van der Waals surface area contributed by atoms with Gasteiger partial charge in [-0.2, -0.15) is 0 Å². The highest BCUT2D eigenvalue weighted by molar-refractivity contribution is 5.74. The van der Waals surface area contributed by atoms with Crippen molar-refractivity contribution in [3.8, 4) is 0 Å². The Morgan fingerprint density at radius 2 is 1.95 bits per heavy atom. The molecule has 2 aliphatic rings. The van der Waals surface area contributed by atoms with Crippen molar-refractivity contribution in [3.63, 3.8) is 0 Å². The molecule has 0 aliphatic carbocycles. The maximum absolute atomic E-state index is 5.46. The van der Waals surface area contributed by atoms with Gasteiger partial charge in [-0.15, -0.1) is 0 Å². The number of anilines is 2. The van der Waals surface area contributed by atoms with Gasteiger partial charge in [0.2, 0.25) is 0 Å². The van der Waals surface area contributed by atoms with Crippen LogP contribution in [0.25, 0.3) is 0 Å². The second-order valence-electron chi connectivity index (χ2n) is 7.06. The van der Waals surface area contributed by atoms with Crippen LogP contribution in [0.5, 0.6) is 0 Å². The quantitative estimate of drug-likeness (QED) is 0.851. The van der Waals surface area contributed by atoms with Crippen LogP contribution in [0.15, 0.2) is 18.2 Å². The lowest BCUT2D eigenvalue weighted by atomic mass is 9.75. The molecule has 3 heteroatoms. The Labute approximate surface area is 122 Å². The summed E-state index contributed by atoms with van der Waals surface area (Å²) >= 11 is 0. The molecule has 0 amide bonds. The molecule has 1 aromatic rings. The average Bonchev–Trinajstić information content (AvgIpc) is 2.46. The molecular formula is C17H26N2O. The smallest absolute Gasteiger partial charge is 0.0642 e. The molecular weight excluding hydrogens is 248 g/mol. The summed E-state index contributed by atoms with van der Waals surface area (Å²) in [5, 5.41) is 3.70. The van der Waals surface area contributed by atoms with Crippen molar-refractivity contribution < 1.29 is 4.74 Å². The lowest BCUT2D eigenvalue weighted by molar-refractivity contribution is 0.122. The normalized spacial score (nSPS) is 23.1. The van der Waals surface area contributed by atoms with Crippen LogP contribution in [-0.4, -0.2) is 32.8 Å². The second kappa shape index (κ2) is 5.28. The van der Waals surface area contributed by atoms with Crippen molar-refractivity contribution in [1.29, 1.82) is 0 Å². The van der Waals surface area contributed by atoms with Crippen LogP contribution in [-0.2, 0) is 11.2 Å². The van der Waals surface area contributed by atoms with E-state index in [2.05, 4.69) is 49.2 Å². The predicted molar refractivity (Wildman–Crippen MR) is 84.6 cm³/mol. The summed E-state index contributed by atoms with van der Waals surface area (Å²) in [5.41, 5.74) is 4.55. The van der Waals surface area contributed by atoms with E-state index in [0.29, 0.717) is 11.3 Å². The van der Waals surface area contributed by atoms with Gasteiger partial charge in [0, 0.05) is 19.6 Å². The highest BCUT2D eigenvalue weighted by Crippen LogP contribution is 2.39. The Kier molecular flexibility index (Phi) is 3.63. The van der Waals surface area contributed by atoms with Gasteiger partial charge in [0.15, 0.2) is 0 Å². The van der Waals surface area contributed by atoms with Gasteiger partial charge in [0.05, 0.1) is 24.6 Å². The van der Waals surface area contributed by atoms with E-state index < -0.39 is 0 Å². The molecule has 1 N–H and O–H groups in total. The van der Waals surface area contributed by atoms with E-state index in [1.807, 2.05) is 0 Å². The van der Waals surface area contributed by atoms with Crippen molar-refractivity contribution in [2.45, 2.75) is 27.2 Å². The minimum Gasteiger partial charge on any atom is -0.383 e. The van der Waals surface area contributed by atoms with E-state index in [9.17, 15) is 0 Å². The fraction of sp³-hybridized carbons (Fsp3) is 0.647. The summed E-state index contributed by atoms with van der Waals surface area (Å²) in [5.74, 6) is 0.704. The molecule has 0 spiro atoms. The Hall–Kier alpha value is -1.22. The van der Waals surface area contributed by atoms with Gasteiger partial charge >= 0.3 is 0 Å². The second-order valence-corrected chi connectivity index (χ2v) is 7.06. The van der Waals surface area contributed by atoms with Gasteiger partial charge < -0.3 is 15.0 Å². The maximum Gasteiger partial charge on any atom is 0.0642 e. The monoisotopic (exact) mass is 274 g/mol. The summed E-state index contributed by atoms with van der Waals surface area (Å²) in [6, 6.07) is 6.73. The zero-order valence-electron chi connectivity index (χ0n) is 12.9. The molecule has 0 saturated carbocycles. The number of fused-ring (bicyclic) bond motifs is 1. The SMILES string of the molecule is CC(C)(C)C1CNc2c(cccc2N2CCOCC2)C1. The molecule has 3 rings (SSSR count). The summed E-state index contributed by atoms with van der Waals surface area (Å²) in [6.45, 7) is 11.8. The van der Waals surface area contributed by atoms with Crippen molar-refractivity contribution in [2.24, 2.45) is 11.3 Å². The molecule has 1 atom stereocenters. The first-order valence-electron chi connectivity index (χ1n) is 7.74. The number of rotatable bonds is 1. The largest absolute Gasteiger partial charge is 0.383 e. The number of morpholine rings is 1. The first kappa shape index (κ1) is 13.7. The third-order valence-electron chi connectivity index (χ3n) is 4.70. The number of hydrogen-bond donors (Lipinski definition) is 1. The minimum atomic E-state index is 0.361. The number of nitrogens with one attached hydrogen (secondary N) is 1. The third-order valence-corrected chi connectivity index (χ3v) is 4.70. The minimum absolute atomic E-state index is 0.361. The van der Waals surface area contributed by atoms with Gasteiger partial charge in [0.1, 0.15) is 0 Å². The number of hydrogen-bond acceptors (Lipinski definition) is 3. The van der Waals surface area contributed by atoms with Crippen LogP contribution in [0, 0.1) is 11.3 Å². The van der Waals surface area contributed by atoms with Gasteiger partial charge in [-0.1, -0.05) is 32.9 Å². The molecule has 2 aliphatic heterocycles. The Balaban J connectivity index is 1.86. The summed E-state index contributed by atoms with van der Waals surface area (Å²) < 4.78 is 5.46. The highest BCUT2D eigenvalue weighted by atomic mass is 16.5. The molecule has 1 saturated heterocycles. The third kappa shape index (κ3) is 2.64. The standard InChI is InChI=1S/C17H26N2O/c1-17(2,3)14-11-13-5-4-6-15(16(13)18-12-14)19-7-9-20-10-8-19/h4-6,14,18H,7-12H2,1-3H3. The van der Waals surface area contributed by atoms with E-state index >= 15 is 0 Å². The van der Waals surface area contributed by atoms with Crippen LogP contribution in [0.1, 0.15) is 26.3 Å². The van der Waals surface area contributed by atoms with Crippen molar-refractivity contribution in [1.82, 2.24) is 0 Å². The first-order chi connectivity index (χ1) is 9.55. The first-order valence-corrected chi connectivity index (χ1v) is 7.74. The molecule has 110 valence electrons. The molecule has 1 fully saturated rings. The highest BCUT2D eigenvalue weighted by Gasteiger charge is 2.30. The van der Waals surface area contributed by atoms with E-state index in [1.54, 1.807) is 0 Å².